The maximum absolute atomic E-state index is 9.99. The molecule has 1 N–H and O–H groups in total. The van der Waals surface area contributed by atoms with E-state index in [-0.39, 0.29) is 23.9 Å². The molecule has 1 aromatic carbocycles. The molecule has 104 valence electrons. The Morgan fingerprint density at radius 3 is 3.05 bits per heavy atom. The van der Waals surface area contributed by atoms with Gasteiger partial charge in [-0.2, -0.15) is 0 Å². The van der Waals surface area contributed by atoms with Crippen molar-refractivity contribution in [3.63, 3.8) is 0 Å². The number of aromatic hydroxyl groups is 1. The molecule has 2 aliphatic heterocycles. The average molecular weight is 282 g/mol. The normalized spacial score (nSPS) is 35.8. The standard InChI is InChI=1S/C15H19NO2.ClH/c1-16-8-7-15-9-10(16)5-6-13(15)18-14-11(15)3-2-4-12(14)17;/h2-4,10,13,17H,5-9H2,1H3;1H/t10-,13-,15+;/m1./s1. The number of phenolic OH excluding ortho intramolecular Hbond substituents is 1. The second-order valence-corrected chi connectivity index (χ2v) is 6.08. The summed E-state index contributed by atoms with van der Waals surface area (Å²) in [6.45, 7) is 1.14. The number of benzene rings is 1. The molecular weight excluding hydrogens is 262 g/mol. The van der Waals surface area contributed by atoms with Crippen LogP contribution < -0.4 is 4.74 Å². The van der Waals surface area contributed by atoms with Crippen molar-refractivity contribution in [2.45, 2.75) is 43.2 Å². The number of phenols is 1. The quantitative estimate of drug-likeness (QED) is 0.794. The molecule has 1 saturated heterocycles. The predicted octanol–water partition coefficient (Wildman–Crippen LogP) is 2.70. The van der Waals surface area contributed by atoms with E-state index in [1.807, 2.05) is 6.07 Å². The highest BCUT2D eigenvalue weighted by molar-refractivity contribution is 5.85. The Hall–Kier alpha value is -0.930. The molecule has 1 saturated carbocycles. The molecule has 2 bridgehead atoms. The molecule has 4 heteroatoms. The van der Waals surface area contributed by atoms with E-state index < -0.39 is 0 Å². The van der Waals surface area contributed by atoms with Gasteiger partial charge in [0.15, 0.2) is 11.5 Å². The van der Waals surface area contributed by atoms with Crippen molar-refractivity contribution in [3.8, 4) is 11.5 Å². The van der Waals surface area contributed by atoms with Gasteiger partial charge in [0.1, 0.15) is 6.10 Å². The summed E-state index contributed by atoms with van der Waals surface area (Å²) in [5.74, 6) is 1.07. The van der Waals surface area contributed by atoms with Crippen molar-refractivity contribution >= 4 is 12.4 Å². The second kappa shape index (κ2) is 4.29. The Kier molecular flexibility index (Phi) is 2.95. The van der Waals surface area contributed by atoms with Crippen LogP contribution in [0.4, 0.5) is 0 Å². The van der Waals surface area contributed by atoms with Gasteiger partial charge < -0.3 is 14.7 Å². The molecule has 3 aliphatic rings. The maximum atomic E-state index is 9.99. The third kappa shape index (κ3) is 1.61. The Labute approximate surface area is 120 Å². The molecule has 1 aliphatic carbocycles. The van der Waals surface area contributed by atoms with Crippen LogP contribution in [0.1, 0.15) is 31.2 Å². The van der Waals surface area contributed by atoms with E-state index >= 15 is 0 Å². The molecule has 3 nitrogen and oxygen atoms in total. The Morgan fingerprint density at radius 1 is 1.37 bits per heavy atom. The van der Waals surface area contributed by atoms with E-state index in [9.17, 15) is 5.11 Å². The lowest BCUT2D eigenvalue weighted by molar-refractivity contribution is 0.00443. The Balaban J connectivity index is 0.00000110. The molecule has 0 unspecified atom stereocenters. The first kappa shape index (κ1) is 13.1. The summed E-state index contributed by atoms with van der Waals surface area (Å²) in [5.41, 5.74) is 1.43. The van der Waals surface area contributed by atoms with Crippen molar-refractivity contribution in [2.24, 2.45) is 0 Å². The number of hydrogen-bond acceptors (Lipinski definition) is 3. The highest BCUT2D eigenvalue weighted by Crippen LogP contribution is 2.56. The van der Waals surface area contributed by atoms with Crippen LogP contribution in [-0.2, 0) is 5.41 Å². The highest BCUT2D eigenvalue weighted by atomic mass is 35.5. The fourth-order valence-electron chi connectivity index (χ4n) is 4.24. The number of ether oxygens (including phenoxy) is 1. The lowest BCUT2D eigenvalue weighted by Crippen LogP contribution is -2.55. The minimum Gasteiger partial charge on any atom is -0.504 e. The first-order valence-corrected chi connectivity index (χ1v) is 6.90. The summed E-state index contributed by atoms with van der Waals surface area (Å²) in [4.78, 5) is 2.49. The fourth-order valence-corrected chi connectivity index (χ4v) is 4.24. The zero-order valence-corrected chi connectivity index (χ0v) is 11.9. The van der Waals surface area contributed by atoms with Gasteiger partial charge in [0.05, 0.1) is 0 Å². The lowest BCUT2D eigenvalue weighted by atomic mass is 9.63. The number of hydrogen-bond donors (Lipinski definition) is 1. The number of para-hydroxylation sites is 1. The monoisotopic (exact) mass is 281 g/mol. The zero-order valence-electron chi connectivity index (χ0n) is 11.1. The van der Waals surface area contributed by atoms with Gasteiger partial charge in [0, 0.05) is 17.0 Å². The molecule has 0 radical (unpaired) electrons. The van der Waals surface area contributed by atoms with Crippen LogP contribution >= 0.6 is 12.4 Å². The highest BCUT2D eigenvalue weighted by Gasteiger charge is 2.55. The van der Waals surface area contributed by atoms with Crippen molar-refractivity contribution in [1.82, 2.24) is 4.90 Å². The van der Waals surface area contributed by atoms with Crippen molar-refractivity contribution in [2.75, 3.05) is 13.6 Å². The lowest BCUT2D eigenvalue weighted by Gasteiger charge is -2.49. The first-order valence-electron chi connectivity index (χ1n) is 6.90. The van der Waals surface area contributed by atoms with Crippen LogP contribution in [0.5, 0.6) is 11.5 Å². The average Bonchev–Trinajstić information content (AvgIpc) is 2.70. The van der Waals surface area contributed by atoms with Crippen LogP contribution in [0.2, 0.25) is 0 Å². The third-order valence-electron chi connectivity index (χ3n) is 5.30. The van der Waals surface area contributed by atoms with E-state index in [4.69, 9.17) is 4.74 Å². The SMILES string of the molecule is CN1CC[C@@]23C[C@H]1CC[C@H]2Oc1c(O)cccc13.Cl. The van der Waals surface area contributed by atoms with Gasteiger partial charge in [-0.15, -0.1) is 12.4 Å². The van der Waals surface area contributed by atoms with Gasteiger partial charge in [-0.25, -0.2) is 0 Å². The van der Waals surface area contributed by atoms with E-state index in [0.717, 1.165) is 25.1 Å². The minimum absolute atomic E-state index is 0. The molecular formula is C15H20ClNO2. The molecule has 0 amide bonds. The first-order chi connectivity index (χ1) is 8.71. The number of nitrogens with zero attached hydrogens (tertiary/aromatic N) is 1. The summed E-state index contributed by atoms with van der Waals surface area (Å²) < 4.78 is 6.08. The largest absolute Gasteiger partial charge is 0.504 e. The van der Waals surface area contributed by atoms with Crippen LogP contribution in [-0.4, -0.2) is 35.7 Å². The summed E-state index contributed by atoms with van der Waals surface area (Å²) in [5, 5.41) is 9.99. The summed E-state index contributed by atoms with van der Waals surface area (Å²) >= 11 is 0. The van der Waals surface area contributed by atoms with Crippen LogP contribution in [0.3, 0.4) is 0 Å². The van der Waals surface area contributed by atoms with Gasteiger partial charge in [-0.1, -0.05) is 12.1 Å². The van der Waals surface area contributed by atoms with Crippen molar-refractivity contribution in [3.05, 3.63) is 23.8 Å². The van der Waals surface area contributed by atoms with E-state index in [2.05, 4.69) is 18.0 Å². The molecule has 0 aromatic heterocycles. The van der Waals surface area contributed by atoms with E-state index in [0.29, 0.717) is 11.8 Å². The number of halogens is 1. The number of piperidine rings is 1. The van der Waals surface area contributed by atoms with E-state index in [1.165, 1.54) is 18.4 Å². The number of rotatable bonds is 0. The van der Waals surface area contributed by atoms with Gasteiger partial charge >= 0.3 is 0 Å². The summed E-state index contributed by atoms with van der Waals surface area (Å²) in [6.07, 6.45) is 4.96. The Bertz CT molecular complexity index is 507. The second-order valence-electron chi connectivity index (χ2n) is 6.08. The number of likely N-dealkylation sites (tertiary alicyclic amines) is 1. The molecule has 2 fully saturated rings. The van der Waals surface area contributed by atoms with Gasteiger partial charge in [-0.05, 0) is 45.3 Å². The molecule has 19 heavy (non-hydrogen) atoms. The molecule has 3 atom stereocenters. The van der Waals surface area contributed by atoms with Crippen molar-refractivity contribution < 1.29 is 9.84 Å². The van der Waals surface area contributed by atoms with Gasteiger partial charge in [-0.3, -0.25) is 0 Å². The molecule has 4 rings (SSSR count). The van der Waals surface area contributed by atoms with Gasteiger partial charge in [0.25, 0.3) is 0 Å². The fraction of sp³-hybridized carbons (Fsp3) is 0.600. The topological polar surface area (TPSA) is 32.7 Å². The van der Waals surface area contributed by atoms with Crippen LogP contribution in [0, 0.1) is 0 Å². The Morgan fingerprint density at radius 2 is 2.21 bits per heavy atom. The van der Waals surface area contributed by atoms with Crippen LogP contribution in [0.15, 0.2) is 18.2 Å². The smallest absolute Gasteiger partial charge is 0.165 e. The maximum Gasteiger partial charge on any atom is 0.165 e. The molecule has 2 heterocycles. The third-order valence-corrected chi connectivity index (χ3v) is 5.30. The van der Waals surface area contributed by atoms with Gasteiger partial charge in [0.2, 0.25) is 0 Å². The summed E-state index contributed by atoms with van der Waals surface area (Å²) in [6, 6.07) is 6.53. The minimum atomic E-state index is 0. The number of fused-ring (bicyclic) bond motifs is 2. The molecule has 1 spiro atoms. The summed E-state index contributed by atoms with van der Waals surface area (Å²) in [7, 11) is 2.23. The zero-order chi connectivity index (χ0) is 12.3. The molecule has 1 aromatic rings. The van der Waals surface area contributed by atoms with E-state index in [1.54, 1.807) is 6.07 Å². The predicted molar refractivity (Wildman–Crippen MR) is 76.3 cm³/mol. The van der Waals surface area contributed by atoms with Crippen LogP contribution in [0.25, 0.3) is 0 Å². The van der Waals surface area contributed by atoms with Crippen molar-refractivity contribution in [1.29, 1.82) is 0 Å².